The molecule has 0 aromatic heterocycles. The van der Waals surface area contributed by atoms with Gasteiger partial charge >= 0.3 is 0 Å². The number of hydrogen-bond acceptors (Lipinski definition) is 3. The first-order valence-electron chi connectivity index (χ1n) is 5.32. The van der Waals surface area contributed by atoms with Crippen molar-refractivity contribution < 1.29 is 9.90 Å². The minimum Gasteiger partial charge on any atom is -0.394 e. The summed E-state index contributed by atoms with van der Waals surface area (Å²) in [6, 6.07) is 8.81. The summed E-state index contributed by atoms with van der Waals surface area (Å²) in [4.78, 5) is 11.6. The molecule has 1 rings (SSSR count). The lowest BCUT2D eigenvalue weighted by Crippen LogP contribution is -2.42. The van der Waals surface area contributed by atoms with E-state index in [0.29, 0.717) is 0 Å². The van der Waals surface area contributed by atoms with Crippen LogP contribution in [0.1, 0.15) is 18.5 Å². The fourth-order valence-electron chi connectivity index (χ4n) is 1.35. The summed E-state index contributed by atoms with van der Waals surface area (Å²) in [5.41, 5.74) is 0.904. The van der Waals surface area contributed by atoms with Gasteiger partial charge in [0.25, 0.3) is 0 Å². The van der Waals surface area contributed by atoms with Crippen LogP contribution in [0.25, 0.3) is 0 Å². The van der Waals surface area contributed by atoms with Gasteiger partial charge in [0.05, 0.1) is 18.7 Å². The molecule has 3 N–H and O–H groups in total. The summed E-state index contributed by atoms with van der Waals surface area (Å²) in [5.74, 6) is -0.120. The molecule has 4 heteroatoms. The van der Waals surface area contributed by atoms with Gasteiger partial charge in [0.1, 0.15) is 0 Å². The number of likely N-dealkylation sites (N-methyl/N-ethyl adjacent to an activating group) is 1. The first kappa shape index (κ1) is 12.7. The normalized spacial score (nSPS) is 14.2. The minimum atomic E-state index is -0.343. The molecule has 0 saturated carbocycles. The van der Waals surface area contributed by atoms with Crippen molar-refractivity contribution in [3.05, 3.63) is 35.9 Å². The van der Waals surface area contributed by atoms with Crippen LogP contribution in [0.5, 0.6) is 0 Å². The van der Waals surface area contributed by atoms with Crippen LogP contribution in [0.4, 0.5) is 0 Å². The van der Waals surface area contributed by atoms with Crippen molar-refractivity contribution in [1.82, 2.24) is 10.6 Å². The van der Waals surface area contributed by atoms with Crippen molar-refractivity contribution in [3.63, 3.8) is 0 Å². The highest BCUT2D eigenvalue weighted by molar-refractivity contribution is 5.81. The van der Waals surface area contributed by atoms with Gasteiger partial charge in [-0.2, -0.15) is 0 Å². The maximum atomic E-state index is 11.6. The van der Waals surface area contributed by atoms with Gasteiger partial charge < -0.3 is 15.7 Å². The molecule has 1 aromatic rings. The maximum absolute atomic E-state index is 11.6. The van der Waals surface area contributed by atoms with E-state index < -0.39 is 0 Å². The largest absolute Gasteiger partial charge is 0.394 e. The number of aliphatic hydroxyl groups excluding tert-OH is 1. The number of aliphatic hydroxyl groups is 1. The minimum absolute atomic E-state index is 0.105. The fourth-order valence-corrected chi connectivity index (χ4v) is 1.35. The second kappa shape index (κ2) is 6.25. The number of rotatable bonds is 5. The molecule has 16 heavy (non-hydrogen) atoms. The Morgan fingerprint density at radius 3 is 2.50 bits per heavy atom. The Bertz CT molecular complexity index is 327. The van der Waals surface area contributed by atoms with Crippen molar-refractivity contribution in [2.24, 2.45) is 0 Å². The zero-order valence-electron chi connectivity index (χ0n) is 9.60. The smallest absolute Gasteiger partial charge is 0.237 e. The molecular weight excluding hydrogens is 204 g/mol. The zero-order chi connectivity index (χ0) is 12.0. The third-order valence-electron chi connectivity index (χ3n) is 2.53. The maximum Gasteiger partial charge on any atom is 0.237 e. The number of nitrogens with one attached hydrogen (secondary N) is 2. The number of carbonyl (C=O) groups is 1. The Balaban J connectivity index is 2.66. The van der Waals surface area contributed by atoms with E-state index in [2.05, 4.69) is 10.6 Å². The number of amides is 1. The van der Waals surface area contributed by atoms with Gasteiger partial charge in [0.2, 0.25) is 5.91 Å². The van der Waals surface area contributed by atoms with Crippen LogP contribution in [-0.4, -0.2) is 30.7 Å². The molecule has 0 aliphatic heterocycles. The lowest BCUT2D eigenvalue weighted by atomic mass is 10.1. The molecular formula is C12H18N2O2. The van der Waals surface area contributed by atoms with Gasteiger partial charge in [-0.3, -0.25) is 4.79 Å². The van der Waals surface area contributed by atoms with Crippen LogP contribution >= 0.6 is 0 Å². The Labute approximate surface area is 95.7 Å². The first-order chi connectivity index (χ1) is 7.69. The highest BCUT2D eigenvalue weighted by Crippen LogP contribution is 2.11. The molecule has 1 unspecified atom stereocenters. The molecule has 0 radical (unpaired) electrons. The molecule has 0 bridgehead atoms. The highest BCUT2D eigenvalue weighted by atomic mass is 16.3. The fraction of sp³-hybridized carbons (Fsp3) is 0.417. The van der Waals surface area contributed by atoms with E-state index in [0.717, 1.165) is 5.56 Å². The number of benzene rings is 1. The van der Waals surface area contributed by atoms with Gasteiger partial charge in [-0.15, -0.1) is 0 Å². The molecule has 0 saturated heterocycles. The Morgan fingerprint density at radius 2 is 2.00 bits per heavy atom. The summed E-state index contributed by atoms with van der Waals surface area (Å²) in [6.45, 7) is 1.67. The number of hydrogen-bond donors (Lipinski definition) is 3. The summed E-state index contributed by atoms with van der Waals surface area (Å²) in [5, 5.41) is 14.9. The topological polar surface area (TPSA) is 61.4 Å². The van der Waals surface area contributed by atoms with Crippen molar-refractivity contribution in [2.75, 3.05) is 13.7 Å². The second-order valence-corrected chi connectivity index (χ2v) is 3.66. The van der Waals surface area contributed by atoms with E-state index in [9.17, 15) is 9.90 Å². The van der Waals surface area contributed by atoms with Gasteiger partial charge in [0, 0.05) is 0 Å². The standard InChI is InChI=1S/C12H18N2O2/c1-9(13-2)12(16)14-11(8-15)10-6-4-3-5-7-10/h3-7,9,11,13,15H,8H2,1-2H3,(H,14,16)/t9?,11-/m0/s1. The van der Waals surface area contributed by atoms with Crippen LogP contribution in [0.2, 0.25) is 0 Å². The molecule has 0 heterocycles. The lowest BCUT2D eigenvalue weighted by molar-refractivity contribution is -0.123. The Kier molecular flexibility index (Phi) is 4.95. The van der Waals surface area contributed by atoms with Gasteiger partial charge in [-0.1, -0.05) is 30.3 Å². The predicted molar refractivity (Wildman–Crippen MR) is 62.9 cm³/mol. The van der Waals surface area contributed by atoms with Crippen LogP contribution in [0.3, 0.4) is 0 Å². The van der Waals surface area contributed by atoms with E-state index in [1.807, 2.05) is 30.3 Å². The first-order valence-corrected chi connectivity index (χ1v) is 5.32. The Hall–Kier alpha value is -1.39. The van der Waals surface area contributed by atoms with Gasteiger partial charge in [-0.05, 0) is 19.5 Å². The molecule has 1 aromatic carbocycles. The predicted octanol–water partition coefficient (Wildman–Crippen LogP) is 0.444. The van der Waals surface area contributed by atoms with Gasteiger partial charge in [-0.25, -0.2) is 0 Å². The lowest BCUT2D eigenvalue weighted by Gasteiger charge is -2.19. The summed E-state index contributed by atoms with van der Waals surface area (Å²) in [6.07, 6.45) is 0. The van der Waals surface area contributed by atoms with E-state index in [1.54, 1.807) is 14.0 Å². The summed E-state index contributed by atoms with van der Waals surface area (Å²) < 4.78 is 0. The second-order valence-electron chi connectivity index (χ2n) is 3.66. The zero-order valence-corrected chi connectivity index (χ0v) is 9.60. The summed E-state index contributed by atoms with van der Waals surface area (Å²) in [7, 11) is 1.72. The third-order valence-corrected chi connectivity index (χ3v) is 2.53. The van der Waals surface area contributed by atoms with E-state index in [4.69, 9.17) is 0 Å². The Morgan fingerprint density at radius 1 is 1.38 bits per heavy atom. The average Bonchev–Trinajstić information content (AvgIpc) is 2.35. The monoisotopic (exact) mass is 222 g/mol. The number of carbonyl (C=O) groups excluding carboxylic acids is 1. The quantitative estimate of drug-likeness (QED) is 0.677. The van der Waals surface area contributed by atoms with Crippen LogP contribution < -0.4 is 10.6 Å². The van der Waals surface area contributed by atoms with Crippen LogP contribution in [-0.2, 0) is 4.79 Å². The van der Waals surface area contributed by atoms with Crippen molar-refractivity contribution in [2.45, 2.75) is 19.0 Å². The molecule has 88 valence electrons. The molecule has 0 aliphatic rings. The van der Waals surface area contributed by atoms with Crippen LogP contribution in [0, 0.1) is 0 Å². The molecule has 0 spiro atoms. The average molecular weight is 222 g/mol. The van der Waals surface area contributed by atoms with E-state index in [-0.39, 0.29) is 24.6 Å². The van der Waals surface area contributed by atoms with Crippen molar-refractivity contribution in [1.29, 1.82) is 0 Å². The van der Waals surface area contributed by atoms with Gasteiger partial charge in [0.15, 0.2) is 0 Å². The molecule has 4 nitrogen and oxygen atoms in total. The van der Waals surface area contributed by atoms with Crippen molar-refractivity contribution >= 4 is 5.91 Å². The van der Waals surface area contributed by atoms with E-state index in [1.165, 1.54) is 0 Å². The molecule has 0 aliphatic carbocycles. The highest BCUT2D eigenvalue weighted by Gasteiger charge is 2.16. The van der Waals surface area contributed by atoms with Crippen molar-refractivity contribution in [3.8, 4) is 0 Å². The molecule has 2 atom stereocenters. The molecule has 1 amide bonds. The molecule has 0 fully saturated rings. The SMILES string of the molecule is CNC(C)C(=O)N[C@@H](CO)c1ccccc1. The van der Waals surface area contributed by atoms with Crippen LogP contribution in [0.15, 0.2) is 30.3 Å². The summed E-state index contributed by atoms with van der Waals surface area (Å²) >= 11 is 0. The third kappa shape index (κ3) is 3.32. The van der Waals surface area contributed by atoms with E-state index >= 15 is 0 Å².